The molecule has 1 aromatic carbocycles. The molecule has 1 rings (SSSR count). The number of hydrogen-bond acceptors (Lipinski definition) is 1. The number of benzene rings is 1. The average molecular weight is 224 g/mol. The quantitative estimate of drug-likeness (QED) is 0.764. The highest BCUT2D eigenvalue weighted by molar-refractivity contribution is 9.10. The fraction of sp³-hybridized carbons (Fsp3) is 0.125. The van der Waals surface area contributed by atoms with Gasteiger partial charge in [-0.1, -0.05) is 15.9 Å². The monoisotopic (exact) mass is 223 g/mol. The van der Waals surface area contributed by atoms with Gasteiger partial charge in [-0.25, -0.2) is 0 Å². The molecular formula is C8H7BBrNO. The van der Waals surface area contributed by atoms with E-state index in [9.17, 15) is 4.79 Å². The maximum atomic E-state index is 10.8. The molecule has 0 aliphatic rings. The van der Waals surface area contributed by atoms with E-state index in [1.54, 1.807) is 12.1 Å². The van der Waals surface area contributed by atoms with Gasteiger partial charge >= 0.3 is 0 Å². The molecule has 0 aliphatic heterocycles. The van der Waals surface area contributed by atoms with Gasteiger partial charge in [0.15, 0.2) is 0 Å². The molecule has 0 spiro atoms. The second kappa shape index (κ2) is 4.31. The minimum Gasteiger partial charge on any atom is -0.327 e. The van der Waals surface area contributed by atoms with Crippen molar-refractivity contribution in [1.29, 1.82) is 0 Å². The number of carbonyl (C=O) groups excluding carboxylic acids is 1. The van der Waals surface area contributed by atoms with Crippen LogP contribution in [0.4, 0.5) is 5.69 Å². The lowest BCUT2D eigenvalue weighted by atomic mass is 10.1. The zero-order valence-corrected chi connectivity index (χ0v) is 7.97. The first kappa shape index (κ1) is 9.32. The van der Waals surface area contributed by atoms with Crippen molar-refractivity contribution < 1.29 is 4.79 Å². The van der Waals surface area contributed by atoms with Crippen LogP contribution in [-0.4, -0.2) is 13.8 Å². The van der Waals surface area contributed by atoms with Crippen LogP contribution in [0.1, 0.15) is 0 Å². The zero-order valence-electron chi connectivity index (χ0n) is 6.38. The van der Waals surface area contributed by atoms with E-state index < -0.39 is 0 Å². The van der Waals surface area contributed by atoms with Crippen LogP contribution in [-0.2, 0) is 4.79 Å². The van der Waals surface area contributed by atoms with Crippen LogP contribution < -0.4 is 5.32 Å². The standard InChI is InChI=1S/C8H7BBrNO/c9-5-8(12)11-7-3-1-6(10)2-4-7/h1-4H,5H2,(H,11,12). The van der Waals surface area contributed by atoms with E-state index in [0.29, 0.717) is 0 Å². The summed E-state index contributed by atoms with van der Waals surface area (Å²) < 4.78 is 0.980. The first-order valence-electron chi connectivity index (χ1n) is 3.48. The van der Waals surface area contributed by atoms with Crippen molar-refractivity contribution in [2.45, 2.75) is 6.32 Å². The summed E-state index contributed by atoms with van der Waals surface area (Å²) in [5, 5.41) is 2.63. The molecule has 0 aliphatic carbocycles. The lowest BCUT2D eigenvalue weighted by Gasteiger charge is -2.02. The fourth-order valence-corrected chi connectivity index (χ4v) is 1.01. The second-order valence-corrected chi connectivity index (χ2v) is 3.17. The number of hydrogen-bond donors (Lipinski definition) is 1. The highest BCUT2D eigenvalue weighted by Gasteiger charge is 1.96. The van der Waals surface area contributed by atoms with Crippen molar-refractivity contribution in [3.05, 3.63) is 28.7 Å². The number of nitrogens with one attached hydrogen (secondary N) is 1. The number of amides is 1. The van der Waals surface area contributed by atoms with Gasteiger partial charge in [0.25, 0.3) is 0 Å². The predicted octanol–water partition coefficient (Wildman–Crippen LogP) is 1.97. The number of halogens is 1. The van der Waals surface area contributed by atoms with E-state index >= 15 is 0 Å². The summed E-state index contributed by atoms with van der Waals surface area (Å²) in [6.07, 6.45) is 0.00998. The highest BCUT2D eigenvalue weighted by Crippen LogP contribution is 2.13. The third-order valence-electron chi connectivity index (χ3n) is 1.31. The summed E-state index contributed by atoms with van der Waals surface area (Å²) in [6, 6.07) is 7.31. The maximum Gasteiger partial charge on any atom is 0.215 e. The average Bonchev–Trinajstić information content (AvgIpc) is 2.09. The van der Waals surface area contributed by atoms with Crippen molar-refractivity contribution in [3.63, 3.8) is 0 Å². The number of anilines is 1. The minimum absolute atomic E-state index is 0.00998. The smallest absolute Gasteiger partial charge is 0.215 e. The summed E-state index contributed by atoms with van der Waals surface area (Å²) in [5.74, 6) is -0.183. The van der Waals surface area contributed by atoms with Crippen LogP contribution in [0, 0.1) is 0 Å². The Morgan fingerprint density at radius 3 is 2.50 bits per heavy atom. The molecule has 60 valence electrons. The molecule has 1 amide bonds. The Bertz CT molecular complexity index is 273. The van der Waals surface area contributed by atoms with Gasteiger partial charge in [0.2, 0.25) is 5.91 Å². The first-order chi connectivity index (χ1) is 5.72. The third-order valence-corrected chi connectivity index (χ3v) is 1.84. The lowest BCUT2D eigenvalue weighted by molar-refractivity contribution is -0.114. The van der Waals surface area contributed by atoms with Crippen molar-refractivity contribution >= 4 is 35.4 Å². The summed E-state index contributed by atoms with van der Waals surface area (Å²) in [5.41, 5.74) is 0.758. The van der Waals surface area contributed by atoms with Crippen molar-refractivity contribution in [3.8, 4) is 0 Å². The van der Waals surface area contributed by atoms with Crippen LogP contribution in [0.5, 0.6) is 0 Å². The van der Waals surface area contributed by atoms with E-state index in [0.717, 1.165) is 10.2 Å². The Morgan fingerprint density at radius 1 is 1.42 bits per heavy atom. The van der Waals surface area contributed by atoms with E-state index in [1.807, 2.05) is 12.1 Å². The maximum absolute atomic E-state index is 10.8. The molecule has 0 saturated carbocycles. The molecule has 0 atom stereocenters. The Hall–Kier alpha value is -0.765. The SMILES string of the molecule is [B]CC(=O)Nc1ccc(Br)cc1. The van der Waals surface area contributed by atoms with Gasteiger partial charge in [-0.15, -0.1) is 0 Å². The Kier molecular flexibility index (Phi) is 3.35. The molecule has 0 aromatic heterocycles. The molecule has 0 heterocycles. The number of carbonyl (C=O) groups is 1. The predicted molar refractivity (Wildman–Crippen MR) is 53.3 cm³/mol. The van der Waals surface area contributed by atoms with Crippen LogP contribution >= 0.6 is 15.9 Å². The molecule has 4 heteroatoms. The molecule has 0 bridgehead atoms. The van der Waals surface area contributed by atoms with E-state index in [1.165, 1.54) is 0 Å². The molecule has 2 nitrogen and oxygen atoms in total. The Labute approximate surface area is 80.9 Å². The van der Waals surface area contributed by atoms with Crippen LogP contribution in [0.3, 0.4) is 0 Å². The summed E-state index contributed by atoms with van der Waals surface area (Å²) in [4.78, 5) is 10.8. The van der Waals surface area contributed by atoms with Gasteiger partial charge in [0.05, 0.1) is 7.85 Å². The van der Waals surface area contributed by atoms with Gasteiger partial charge in [0, 0.05) is 10.2 Å². The summed E-state index contributed by atoms with van der Waals surface area (Å²) >= 11 is 3.29. The van der Waals surface area contributed by atoms with Gasteiger partial charge in [0.1, 0.15) is 0 Å². The van der Waals surface area contributed by atoms with Gasteiger partial charge in [-0.05, 0) is 30.6 Å². The van der Waals surface area contributed by atoms with Gasteiger partial charge < -0.3 is 5.32 Å². The largest absolute Gasteiger partial charge is 0.327 e. The molecule has 0 fully saturated rings. The topological polar surface area (TPSA) is 29.1 Å². The first-order valence-corrected chi connectivity index (χ1v) is 4.27. The van der Waals surface area contributed by atoms with Crippen LogP contribution in [0.25, 0.3) is 0 Å². The van der Waals surface area contributed by atoms with Crippen LogP contribution in [0.2, 0.25) is 6.32 Å². The second-order valence-electron chi connectivity index (χ2n) is 2.26. The van der Waals surface area contributed by atoms with Crippen molar-refractivity contribution in [2.75, 3.05) is 5.32 Å². The molecule has 0 saturated heterocycles. The minimum atomic E-state index is -0.183. The molecule has 2 radical (unpaired) electrons. The van der Waals surface area contributed by atoms with Crippen LogP contribution in [0.15, 0.2) is 28.7 Å². The summed E-state index contributed by atoms with van der Waals surface area (Å²) in [6.45, 7) is 0. The Balaban J connectivity index is 2.64. The van der Waals surface area contributed by atoms with Gasteiger partial charge in [-0.3, -0.25) is 4.79 Å². The zero-order chi connectivity index (χ0) is 8.97. The Morgan fingerprint density at radius 2 is 2.00 bits per heavy atom. The fourth-order valence-electron chi connectivity index (χ4n) is 0.745. The van der Waals surface area contributed by atoms with E-state index in [-0.39, 0.29) is 12.2 Å². The third kappa shape index (κ3) is 2.70. The molecule has 0 unspecified atom stereocenters. The lowest BCUT2D eigenvalue weighted by Crippen LogP contribution is -2.09. The molecule has 12 heavy (non-hydrogen) atoms. The molecule has 1 N–H and O–H groups in total. The van der Waals surface area contributed by atoms with E-state index in [2.05, 4.69) is 21.2 Å². The number of rotatable bonds is 2. The molecule has 1 aromatic rings. The summed E-state index contributed by atoms with van der Waals surface area (Å²) in [7, 11) is 5.13. The highest BCUT2D eigenvalue weighted by atomic mass is 79.9. The molecular weight excluding hydrogens is 217 g/mol. The van der Waals surface area contributed by atoms with E-state index in [4.69, 9.17) is 7.85 Å². The van der Waals surface area contributed by atoms with Gasteiger partial charge in [-0.2, -0.15) is 0 Å². The van der Waals surface area contributed by atoms with Crippen molar-refractivity contribution in [1.82, 2.24) is 0 Å². The normalized spacial score (nSPS) is 9.42. The van der Waals surface area contributed by atoms with Crippen molar-refractivity contribution in [2.24, 2.45) is 0 Å².